The van der Waals surface area contributed by atoms with Crippen LogP contribution in [-0.4, -0.2) is 61.1 Å². The first kappa shape index (κ1) is 18.2. The molecule has 1 aromatic heterocycles. The van der Waals surface area contributed by atoms with Crippen molar-refractivity contribution in [2.75, 3.05) is 55.8 Å². The highest BCUT2D eigenvalue weighted by molar-refractivity contribution is 5.50. The van der Waals surface area contributed by atoms with E-state index < -0.39 is 0 Å². The Morgan fingerprint density at radius 1 is 0.926 bits per heavy atom. The van der Waals surface area contributed by atoms with Crippen LogP contribution < -0.4 is 9.80 Å². The molecule has 0 bridgehead atoms. The maximum atomic E-state index is 10.1. The summed E-state index contributed by atoms with van der Waals surface area (Å²) in [6.45, 7) is 5.31. The fourth-order valence-electron chi connectivity index (χ4n) is 4.11. The lowest BCUT2D eigenvalue weighted by atomic mass is 9.74. The second-order valence-electron chi connectivity index (χ2n) is 7.64. The van der Waals surface area contributed by atoms with Crippen LogP contribution in [0.15, 0.2) is 42.7 Å². The van der Waals surface area contributed by atoms with Crippen LogP contribution in [0.3, 0.4) is 0 Å². The molecule has 2 aliphatic rings. The normalized spacial score (nSPS) is 19.9. The zero-order valence-corrected chi connectivity index (χ0v) is 15.8. The van der Waals surface area contributed by atoms with E-state index in [1.54, 1.807) is 6.33 Å². The van der Waals surface area contributed by atoms with Gasteiger partial charge in [-0.05, 0) is 24.8 Å². The van der Waals surface area contributed by atoms with Crippen molar-refractivity contribution in [2.45, 2.75) is 19.3 Å². The van der Waals surface area contributed by atoms with E-state index in [0.29, 0.717) is 0 Å². The SMILES string of the molecule is OCC1(Cc2ccccc2)CCN(c2cc(N3CCOCC3)ncn2)CC1. The second kappa shape index (κ2) is 8.23. The van der Waals surface area contributed by atoms with E-state index in [9.17, 15) is 5.11 Å². The fourth-order valence-corrected chi connectivity index (χ4v) is 4.11. The van der Waals surface area contributed by atoms with Crippen LogP contribution in [0.25, 0.3) is 0 Å². The number of hydrogen-bond acceptors (Lipinski definition) is 6. The second-order valence-corrected chi connectivity index (χ2v) is 7.64. The van der Waals surface area contributed by atoms with Crippen molar-refractivity contribution in [3.05, 3.63) is 48.3 Å². The Kier molecular flexibility index (Phi) is 5.55. The summed E-state index contributed by atoms with van der Waals surface area (Å²) < 4.78 is 5.43. The number of aliphatic hydroxyl groups excluding tert-OH is 1. The molecule has 0 saturated carbocycles. The molecule has 2 aliphatic heterocycles. The first-order chi connectivity index (χ1) is 13.3. The predicted octanol–water partition coefficient (Wildman–Crippen LogP) is 2.13. The summed E-state index contributed by atoms with van der Waals surface area (Å²) in [5, 5.41) is 10.1. The zero-order valence-electron chi connectivity index (χ0n) is 15.8. The fraction of sp³-hybridized carbons (Fsp3) is 0.524. The molecule has 0 atom stereocenters. The number of aromatic nitrogens is 2. The topological polar surface area (TPSA) is 61.7 Å². The van der Waals surface area contributed by atoms with Crippen molar-refractivity contribution >= 4 is 11.6 Å². The van der Waals surface area contributed by atoms with Gasteiger partial charge in [-0.15, -0.1) is 0 Å². The van der Waals surface area contributed by atoms with Gasteiger partial charge in [0.25, 0.3) is 0 Å². The molecule has 0 amide bonds. The summed E-state index contributed by atoms with van der Waals surface area (Å²) in [7, 11) is 0. The van der Waals surface area contributed by atoms with E-state index in [2.05, 4.69) is 50.1 Å². The number of nitrogens with zero attached hydrogens (tertiary/aromatic N) is 4. The van der Waals surface area contributed by atoms with Gasteiger partial charge in [0.15, 0.2) is 0 Å². The highest BCUT2D eigenvalue weighted by atomic mass is 16.5. The van der Waals surface area contributed by atoms with Crippen LogP contribution in [0.5, 0.6) is 0 Å². The number of hydrogen-bond donors (Lipinski definition) is 1. The van der Waals surface area contributed by atoms with E-state index >= 15 is 0 Å². The predicted molar refractivity (Wildman–Crippen MR) is 106 cm³/mol. The average Bonchev–Trinajstić information content (AvgIpc) is 2.76. The molecule has 1 aromatic carbocycles. The van der Waals surface area contributed by atoms with E-state index in [4.69, 9.17) is 4.74 Å². The van der Waals surface area contributed by atoms with Crippen molar-refractivity contribution in [1.82, 2.24) is 9.97 Å². The quantitative estimate of drug-likeness (QED) is 0.872. The molecule has 0 radical (unpaired) electrons. The molecular weight excluding hydrogens is 340 g/mol. The summed E-state index contributed by atoms with van der Waals surface area (Å²) in [6, 6.07) is 12.6. The molecule has 0 spiro atoms. The van der Waals surface area contributed by atoms with Gasteiger partial charge >= 0.3 is 0 Å². The minimum Gasteiger partial charge on any atom is -0.396 e. The number of morpholine rings is 1. The molecule has 0 aliphatic carbocycles. The van der Waals surface area contributed by atoms with Crippen molar-refractivity contribution in [3.8, 4) is 0 Å². The van der Waals surface area contributed by atoms with Crippen molar-refractivity contribution in [1.29, 1.82) is 0 Å². The number of ether oxygens (including phenoxy) is 1. The maximum Gasteiger partial charge on any atom is 0.134 e. The molecule has 2 saturated heterocycles. The Balaban J connectivity index is 1.42. The van der Waals surface area contributed by atoms with E-state index in [1.807, 2.05) is 6.07 Å². The van der Waals surface area contributed by atoms with Crippen molar-refractivity contribution in [2.24, 2.45) is 5.41 Å². The lowest BCUT2D eigenvalue weighted by molar-refractivity contribution is 0.0961. The lowest BCUT2D eigenvalue weighted by Crippen LogP contribution is -2.43. The van der Waals surface area contributed by atoms with Crippen LogP contribution >= 0.6 is 0 Å². The molecule has 6 heteroatoms. The Morgan fingerprint density at radius 3 is 2.19 bits per heavy atom. The molecule has 1 N–H and O–H groups in total. The van der Waals surface area contributed by atoms with E-state index in [0.717, 1.165) is 70.3 Å². The van der Waals surface area contributed by atoms with Crippen LogP contribution in [0, 0.1) is 5.41 Å². The highest BCUT2D eigenvalue weighted by Gasteiger charge is 2.34. The Bertz CT molecular complexity index is 726. The first-order valence-electron chi connectivity index (χ1n) is 9.83. The zero-order chi connectivity index (χ0) is 18.5. The number of piperidine rings is 1. The van der Waals surface area contributed by atoms with Gasteiger partial charge in [0.2, 0.25) is 0 Å². The highest BCUT2D eigenvalue weighted by Crippen LogP contribution is 2.36. The molecule has 0 unspecified atom stereocenters. The Labute approximate surface area is 160 Å². The molecule has 6 nitrogen and oxygen atoms in total. The van der Waals surface area contributed by atoms with Crippen LogP contribution in [-0.2, 0) is 11.2 Å². The van der Waals surface area contributed by atoms with Gasteiger partial charge in [-0.3, -0.25) is 0 Å². The first-order valence-corrected chi connectivity index (χ1v) is 9.83. The summed E-state index contributed by atoms with van der Waals surface area (Å²) in [5.41, 5.74) is 1.27. The molecule has 144 valence electrons. The number of benzene rings is 1. The molecule has 4 rings (SSSR count). The van der Waals surface area contributed by atoms with Crippen molar-refractivity contribution in [3.63, 3.8) is 0 Å². The maximum absolute atomic E-state index is 10.1. The van der Waals surface area contributed by atoms with Gasteiger partial charge in [-0.2, -0.15) is 0 Å². The Hall–Kier alpha value is -2.18. The van der Waals surface area contributed by atoms with Gasteiger partial charge < -0.3 is 19.6 Å². The third-order valence-corrected chi connectivity index (χ3v) is 5.88. The average molecular weight is 368 g/mol. The smallest absolute Gasteiger partial charge is 0.134 e. The summed E-state index contributed by atoms with van der Waals surface area (Å²) >= 11 is 0. The third kappa shape index (κ3) is 4.22. The van der Waals surface area contributed by atoms with Gasteiger partial charge in [0.1, 0.15) is 18.0 Å². The van der Waals surface area contributed by atoms with Gasteiger partial charge in [0.05, 0.1) is 13.2 Å². The molecular formula is C21H28N4O2. The largest absolute Gasteiger partial charge is 0.396 e. The third-order valence-electron chi connectivity index (χ3n) is 5.88. The van der Waals surface area contributed by atoms with E-state index in [1.165, 1.54) is 5.56 Å². The van der Waals surface area contributed by atoms with Crippen LogP contribution in [0.4, 0.5) is 11.6 Å². The Morgan fingerprint density at radius 2 is 1.56 bits per heavy atom. The minimum absolute atomic E-state index is 0.0298. The lowest BCUT2D eigenvalue weighted by Gasteiger charge is -2.41. The summed E-state index contributed by atoms with van der Waals surface area (Å²) in [4.78, 5) is 13.5. The number of aliphatic hydroxyl groups is 1. The summed E-state index contributed by atoms with van der Waals surface area (Å²) in [5.74, 6) is 1.96. The van der Waals surface area contributed by atoms with Crippen LogP contribution in [0.2, 0.25) is 0 Å². The number of anilines is 2. The van der Waals surface area contributed by atoms with E-state index in [-0.39, 0.29) is 12.0 Å². The van der Waals surface area contributed by atoms with Gasteiger partial charge in [-0.1, -0.05) is 30.3 Å². The molecule has 2 fully saturated rings. The molecule has 2 aromatic rings. The molecule has 3 heterocycles. The monoisotopic (exact) mass is 368 g/mol. The standard InChI is InChI=1S/C21H28N4O2/c26-16-21(15-18-4-2-1-3-5-18)6-8-24(9-7-21)19-14-20(23-17-22-19)25-10-12-27-13-11-25/h1-5,14,17,26H,6-13,15-16H2. The van der Waals surface area contributed by atoms with Gasteiger partial charge in [-0.25, -0.2) is 9.97 Å². The summed E-state index contributed by atoms with van der Waals surface area (Å²) in [6.07, 6.45) is 4.53. The van der Waals surface area contributed by atoms with Crippen molar-refractivity contribution < 1.29 is 9.84 Å². The van der Waals surface area contributed by atoms with Gasteiger partial charge in [0, 0.05) is 44.3 Å². The number of rotatable bonds is 5. The van der Waals surface area contributed by atoms with Crippen LogP contribution in [0.1, 0.15) is 18.4 Å². The minimum atomic E-state index is -0.0298. The molecule has 27 heavy (non-hydrogen) atoms.